The highest BCUT2D eigenvalue weighted by Gasteiger charge is 2.38. The van der Waals surface area contributed by atoms with E-state index in [4.69, 9.17) is 9.72 Å². The van der Waals surface area contributed by atoms with Crippen LogP contribution < -0.4 is 5.32 Å². The number of imidazole rings is 1. The highest BCUT2D eigenvalue weighted by Crippen LogP contribution is 2.43. The quantitative estimate of drug-likeness (QED) is 0.767. The molecule has 25 heavy (non-hydrogen) atoms. The molecule has 0 unspecified atom stereocenters. The summed E-state index contributed by atoms with van der Waals surface area (Å²) in [6.07, 6.45) is 0.954. The van der Waals surface area contributed by atoms with Crippen LogP contribution in [0.15, 0.2) is 42.6 Å². The number of benzene rings is 1. The molecular weight excluding hydrogens is 314 g/mol. The normalized spacial score (nSPS) is 22.6. The van der Waals surface area contributed by atoms with Gasteiger partial charge in [-0.1, -0.05) is 30.3 Å². The first-order chi connectivity index (χ1) is 12.1. The van der Waals surface area contributed by atoms with Crippen LogP contribution in [0.2, 0.25) is 0 Å². The number of aliphatic hydroxyl groups is 1. The first-order valence-corrected chi connectivity index (χ1v) is 8.71. The zero-order valence-electron chi connectivity index (χ0n) is 14.7. The molecule has 3 aromatic rings. The Bertz CT molecular complexity index is 904. The van der Waals surface area contributed by atoms with Crippen LogP contribution in [0, 0.1) is 13.8 Å². The lowest BCUT2D eigenvalue weighted by molar-refractivity contribution is -0.0462. The Hall–Kier alpha value is -2.37. The summed E-state index contributed by atoms with van der Waals surface area (Å²) in [4.78, 5) is 4.74. The van der Waals surface area contributed by atoms with Crippen molar-refractivity contribution in [1.82, 2.24) is 9.38 Å². The van der Waals surface area contributed by atoms with Gasteiger partial charge in [0, 0.05) is 24.1 Å². The van der Waals surface area contributed by atoms with Gasteiger partial charge >= 0.3 is 0 Å². The van der Waals surface area contributed by atoms with Gasteiger partial charge in [-0.3, -0.25) is 0 Å². The number of hydrogen-bond acceptors (Lipinski definition) is 4. The third kappa shape index (κ3) is 2.51. The van der Waals surface area contributed by atoms with E-state index in [1.54, 1.807) is 0 Å². The smallest absolute Gasteiger partial charge is 0.161 e. The van der Waals surface area contributed by atoms with E-state index >= 15 is 0 Å². The third-order valence-corrected chi connectivity index (χ3v) is 5.07. The molecule has 4 rings (SSSR count). The first kappa shape index (κ1) is 16.1. The summed E-state index contributed by atoms with van der Waals surface area (Å²) in [6, 6.07) is 11.8. The number of nitrogens with zero attached hydrogens (tertiary/aromatic N) is 2. The van der Waals surface area contributed by atoms with Gasteiger partial charge in [0.15, 0.2) is 5.65 Å². The van der Waals surface area contributed by atoms with Gasteiger partial charge in [0.05, 0.1) is 17.4 Å². The lowest BCUT2D eigenvalue weighted by Crippen LogP contribution is -2.37. The lowest BCUT2D eigenvalue weighted by Gasteiger charge is -2.37. The zero-order chi connectivity index (χ0) is 17.6. The van der Waals surface area contributed by atoms with Gasteiger partial charge in [-0.15, -0.1) is 0 Å². The van der Waals surface area contributed by atoms with Gasteiger partial charge in [-0.25, -0.2) is 4.98 Å². The van der Waals surface area contributed by atoms with Gasteiger partial charge < -0.3 is 19.6 Å². The van der Waals surface area contributed by atoms with E-state index in [1.807, 2.05) is 56.4 Å². The van der Waals surface area contributed by atoms with Crippen LogP contribution in [0.3, 0.4) is 0 Å². The molecule has 5 heteroatoms. The molecular formula is C20H23N3O2. The van der Waals surface area contributed by atoms with Crippen molar-refractivity contribution in [1.29, 1.82) is 0 Å². The number of nitrogens with one attached hydrogen (secondary N) is 1. The molecule has 0 amide bonds. The lowest BCUT2D eigenvalue weighted by atomic mass is 9.89. The number of ether oxygens (including phenoxy) is 1. The molecule has 0 aliphatic carbocycles. The number of pyridine rings is 1. The topological polar surface area (TPSA) is 58.8 Å². The molecule has 3 heterocycles. The van der Waals surface area contributed by atoms with Crippen LogP contribution in [-0.2, 0) is 4.74 Å². The summed E-state index contributed by atoms with van der Waals surface area (Å²) >= 11 is 0. The third-order valence-electron chi connectivity index (χ3n) is 5.07. The Balaban J connectivity index is 1.90. The van der Waals surface area contributed by atoms with Crippen LogP contribution in [0.5, 0.6) is 0 Å². The number of rotatable bonds is 3. The fraction of sp³-hybridized carbons (Fsp3) is 0.350. The molecule has 1 aromatic carbocycles. The summed E-state index contributed by atoms with van der Waals surface area (Å²) in [5, 5.41) is 14.5. The maximum atomic E-state index is 11.0. The molecule has 2 aromatic heterocycles. The fourth-order valence-corrected chi connectivity index (χ4v) is 3.65. The summed E-state index contributed by atoms with van der Waals surface area (Å²) in [5.74, 6) is 0. The molecule has 5 nitrogen and oxygen atoms in total. The Morgan fingerprint density at radius 2 is 1.96 bits per heavy atom. The van der Waals surface area contributed by atoms with Crippen molar-refractivity contribution in [2.75, 3.05) is 11.9 Å². The zero-order valence-corrected chi connectivity index (χ0v) is 14.7. The van der Waals surface area contributed by atoms with Gasteiger partial charge in [-0.2, -0.15) is 0 Å². The number of aromatic nitrogens is 2. The minimum absolute atomic E-state index is 0.242. The van der Waals surface area contributed by atoms with Crippen LogP contribution in [0.25, 0.3) is 5.65 Å². The number of fused-ring (bicyclic) bond motifs is 3. The Morgan fingerprint density at radius 1 is 1.20 bits per heavy atom. The van der Waals surface area contributed by atoms with Gasteiger partial charge in [-0.05, 0) is 32.4 Å². The van der Waals surface area contributed by atoms with E-state index < -0.39 is 6.10 Å². The molecule has 0 spiro atoms. The predicted molar refractivity (Wildman–Crippen MR) is 97.8 cm³/mol. The van der Waals surface area contributed by atoms with Crippen molar-refractivity contribution in [2.24, 2.45) is 0 Å². The van der Waals surface area contributed by atoms with Crippen LogP contribution >= 0.6 is 0 Å². The van der Waals surface area contributed by atoms with Crippen molar-refractivity contribution in [3.8, 4) is 0 Å². The SMILES string of the molecule is CCO[C@@H]1c2ccn3c(C)c(C)nc3c2N[C@H](c2ccccc2)[C@H]1O. The van der Waals surface area contributed by atoms with E-state index in [1.165, 1.54) is 0 Å². The van der Waals surface area contributed by atoms with Crippen molar-refractivity contribution >= 4 is 11.3 Å². The van der Waals surface area contributed by atoms with Crippen molar-refractivity contribution in [2.45, 2.75) is 39.0 Å². The molecule has 0 saturated carbocycles. The maximum Gasteiger partial charge on any atom is 0.161 e. The maximum absolute atomic E-state index is 11.0. The van der Waals surface area contributed by atoms with E-state index in [0.717, 1.165) is 33.8 Å². The average molecular weight is 337 g/mol. The Labute approximate surface area is 147 Å². The average Bonchev–Trinajstić information content (AvgIpc) is 2.92. The molecule has 0 fully saturated rings. The highest BCUT2D eigenvalue weighted by molar-refractivity contribution is 5.75. The molecule has 3 atom stereocenters. The second-order valence-corrected chi connectivity index (χ2v) is 6.52. The second-order valence-electron chi connectivity index (χ2n) is 6.52. The molecule has 1 aliphatic heterocycles. The summed E-state index contributed by atoms with van der Waals surface area (Å²) in [6.45, 7) is 6.57. The minimum Gasteiger partial charge on any atom is -0.388 e. The molecule has 0 bridgehead atoms. The van der Waals surface area contributed by atoms with E-state index in [-0.39, 0.29) is 12.1 Å². The first-order valence-electron chi connectivity index (χ1n) is 8.71. The van der Waals surface area contributed by atoms with E-state index in [2.05, 4.69) is 16.6 Å². The molecule has 130 valence electrons. The largest absolute Gasteiger partial charge is 0.388 e. The summed E-state index contributed by atoms with van der Waals surface area (Å²) in [5.41, 5.74) is 5.94. The predicted octanol–water partition coefficient (Wildman–Crippen LogP) is 3.56. The summed E-state index contributed by atoms with van der Waals surface area (Å²) in [7, 11) is 0. The number of aliphatic hydroxyl groups excluding tert-OH is 1. The molecule has 2 N–H and O–H groups in total. The van der Waals surface area contributed by atoms with Crippen LogP contribution in [0.4, 0.5) is 5.69 Å². The van der Waals surface area contributed by atoms with E-state index in [0.29, 0.717) is 6.61 Å². The van der Waals surface area contributed by atoms with Crippen LogP contribution in [-0.4, -0.2) is 27.2 Å². The molecule has 1 aliphatic rings. The van der Waals surface area contributed by atoms with Crippen LogP contribution in [0.1, 0.15) is 41.6 Å². The second kappa shape index (κ2) is 6.17. The Kier molecular flexibility index (Phi) is 3.98. The summed E-state index contributed by atoms with van der Waals surface area (Å²) < 4.78 is 8.02. The number of anilines is 1. The number of hydrogen-bond donors (Lipinski definition) is 2. The monoisotopic (exact) mass is 337 g/mol. The van der Waals surface area contributed by atoms with Crippen molar-refractivity contribution < 1.29 is 9.84 Å². The highest BCUT2D eigenvalue weighted by atomic mass is 16.5. The van der Waals surface area contributed by atoms with Gasteiger partial charge in [0.2, 0.25) is 0 Å². The Morgan fingerprint density at radius 3 is 2.68 bits per heavy atom. The van der Waals surface area contributed by atoms with E-state index in [9.17, 15) is 5.11 Å². The van der Waals surface area contributed by atoms with Crippen molar-refractivity contribution in [3.63, 3.8) is 0 Å². The van der Waals surface area contributed by atoms with Gasteiger partial charge in [0.1, 0.15) is 12.2 Å². The molecule has 0 saturated heterocycles. The molecule has 0 radical (unpaired) electrons. The van der Waals surface area contributed by atoms with Crippen molar-refractivity contribution in [3.05, 3.63) is 65.1 Å². The fourth-order valence-electron chi connectivity index (χ4n) is 3.65. The number of aryl methyl sites for hydroxylation is 2. The van der Waals surface area contributed by atoms with Gasteiger partial charge in [0.25, 0.3) is 0 Å². The minimum atomic E-state index is -0.672. The standard InChI is InChI=1S/C20H23N3O2/c1-4-25-19-15-10-11-23-13(3)12(2)21-20(23)17(15)22-16(18(19)24)14-8-6-5-7-9-14/h5-11,16,18-19,22,24H,4H2,1-3H3/t16-,18-,19-/m1/s1.